The Hall–Kier alpha value is -1.44. The SMILES string of the molecule is CCc1cc(C(F)F)c(Cl)n2nc(C(F)(F)F)nc12. The normalized spacial score (nSPS) is 12.6. The van der Waals surface area contributed by atoms with Crippen LogP contribution < -0.4 is 0 Å². The molecule has 0 unspecified atom stereocenters. The molecule has 0 N–H and O–H groups in total. The van der Waals surface area contributed by atoms with Crippen LogP contribution in [0.1, 0.15) is 30.3 Å². The number of hydrogen-bond acceptors (Lipinski definition) is 2. The van der Waals surface area contributed by atoms with Crippen molar-refractivity contribution in [3.63, 3.8) is 0 Å². The van der Waals surface area contributed by atoms with E-state index < -0.39 is 29.1 Å². The minimum absolute atomic E-state index is 0.163. The summed E-state index contributed by atoms with van der Waals surface area (Å²) in [5.41, 5.74) is -0.503. The second-order valence-corrected chi connectivity index (χ2v) is 4.10. The number of hydrogen-bond donors (Lipinski definition) is 0. The Morgan fingerprint density at radius 1 is 1.37 bits per heavy atom. The summed E-state index contributed by atoms with van der Waals surface area (Å²) in [5, 5.41) is 2.59. The van der Waals surface area contributed by atoms with Gasteiger partial charge in [-0.3, -0.25) is 0 Å². The number of alkyl halides is 5. The molecule has 0 aromatic carbocycles. The van der Waals surface area contributed by atoms with Crippen LogP contribution in [0.3, 0.4) is 0 Å². The van der Waals surface area contributed by atoms with Gasteiger partial charge in [0, 0.05) is 0 Å². The van der Waals surface area contributed by atoms with Gasteiger partial charge >= 0.3 is 6.18 Å². The average Bonchev–Trinajstić information content (AvgIpc) is 2.74. The molecule has 0 aliphatic carbocycles. The molecule has 0 spiro atoms. The van der Waals surface area contributed by atoms with Crippen molar-refractivity contribution >= 4 is 17.2 Å². The van der Waals surface area contributed by atoms with E-state index in [1.54, 1.807) is 6.92 Å². The standard InChI is InChI=1S/C10H7ClF5N3/c1-2-4-3-5(7(12)13)6(11)19-8(4)17-9(18-19)10(14,15)16/h3,7H,2H2,1H3. The smallest absolute Gasteiger partial charge is 0.205 e. The van der Waals surface area contributed by atoms with Gasteiger partial charge in [0.2, 0.25) is 0 Å². The van der Waals surface area contributed by atoms with Crippen LogP contribution >= 0.6 is 11.6 Å². The van der Waals surface area contributed by atoms with E-state index >= 15 is 0 Å². The lowest BCUT2D eigenvalue weighted by molar-refractivity contribution is -0.144. The van der Waals surface area contributed by atoms with Gasteiger partial charge in [-0.15, -0.1) is 5.10 Å². The number of nitrogens with zero attached hydrogens (tertiary/aromatic N) is 3. The number of pyridine rings is 1. The maximum absolute atomic E-state index is 12.7. The minimum atomic E-state index is -4.76. The number of rotatable bonds is 2. The Balaban J connectivity index is 2.79. The van der Waals surface area contributed by atoms with E-state index in [4.69, 9.17) is 11.6 Å². The van der Waals surface area contributed by atoms with Gasteiger partial charge in [-0.25, -0.2) is 18.3 Å². The molecule has 2 aromatic rings. The molecule has 2 rings (SSSR count). The van der Waals surface area contributed by atoms with Crippen molar-refractivity contribution in [1.82, 2.24) is 14.6 Å². The molecule has 3 nitrogen and oxygen atoms in total. The largest absolute Gasteiger partial charge is 0.453 e. The molecule has 0 saturated carbocycles. The third-order valence-electron chi connectivity index (χ3n) is 2.52. The molecule has 19 heavy (non-hydrogen) atoms. The molecular formula is C10H7ClF5N3. The first-order valence-electron chi connectivity index (χ1n) is 5.19. The van der Waals surface area contributed by atoms with Crippen LogP contribution in [0.5, 0.6) is 0 Å². The topological polar surface area (TPSA) is 30.2 Å². The summed E-state index contributed by atoms with van der Waals surface area (Å²) in [5.74, 6) is -1.41. The molecule has 0 atom stereocenters. The average molecular weight is 300 g/mol. The van der Waals surface area contributed by atoms with Gasteiger partial charge in [0.05, 0.1) is 5.56 Å². The van der Waals surface area contributed by atoms with Gasteiger partial charge in [-0.2, -0.15) is 13.2 Å². The maximum atomic E-state index is 12.7. The van der Waals surface area contributed by atoms with Gasteiger partial charge in [0.1, 0.15) is 5.15 Å². The molecule has 0 aliphatic rings. The zero-order valence-electron chi connectivity index (χ0n) is 9.47. The highest BCUT2D eigenvalue weighted by Gasteiger charge is 2.37. The van der Waals surface area contributed by atoms with Gasteiger partial charge < -0.3 is 0 Å². The molecule has 0 radical (unpaired) electrons. The highest BCUT2D eigenvalue weighted by molar-refractivity contribution is 6.30. The van der Waals surface area contributed by atoms with Crippen LogP contribution in [0.15, 0.2) is 6.07 Å². The van der Waals surface area contributed by atoms with Crippen LogP contribution in [0.25, 0.3) is 5.65 Å². The number of aryl methyl sites for hydroxylation is 1. The van der Waals surface area contributed by atoms with E-state index in [1.807, 2.05) is 0 Å². The summed E-state index contributed by atoms with van der Waals surface area (Å²) < 4.78 is 63.7. The molecular weight excluding hydrogens is 293 g/mol. The Labute approximate surface area is 109 Å². The van der Waals surface area contributed by atoms with Crippen molar-refractivity contribution in [2.75, 3.05) is 0 Å². The molecule has 2 heterocycles. The van der Waals surface area contributed by atoms with Crippen molar-refractivity contribution in [1.29, 1.82) is 0 Å². The molecule has 104 valence electrons. The number of fused-ring (bicyclic) bond motifs is 1. The first kappa shape index (κ1) is 14.0. The monoisotopic (exact) mass is 299 g/mol. The fraction of sp³-hybridized carbons (Fsp3) is 0.400. The highest BCUT2D eigenvalue weighted by atomic mass is 35.5. The quantitative estimate of drug-likeness (QED) is 0.622. The maximum Gasteiger partial charge on any atom is 0.453 e. The fourth-order valence-electron chi connectivity index (χ4n) is 1.62. The minimum Gasteiger partial charge on any atom is -0.205 e. The van der Waals surface area contributed by atoms with E-state index in [0.717, 1.165) is 6.07 Å². The van der Waals surface area contributed by atoms with Crippen LogP contribution in [0.2, 0.25) is 5.15 Å². The van der Waals surface area contributed by atoms with Crippen LogP contribution in [-0.2, 0) is 12.6 Å². The highest BCUT2D eigenvalue weighted by Crippen LogP contribution is 2.32. The predicted molar refractivity (Wildman–Crippen MR) is 57.3 cm³/mol. The van der Waals surface area contributed by atoms with Crippen molar-refractivity contribution in [2.24, 2.45) is 0 Å². The molecule has 0 bridgehead atoms. The zero-order valence-corrected chi connectivity index (χ0v) is 10.2. The summed E-state index contributed by atoms with van der Waals surface area (Å²) in [6.07, 6.45) is -7.43. The third-order valence-corrected chi connectivity index (χ3v) is 2.90. The Kier molecular flexibility index (Phi) is 3.38. The summed E-state index contributed by atoms with van der Waals surface area (Å²) in [4.78, 5) is 3.31. The Morgan fingerprint density at radius 3 is 2.47 bits per heavy atom. The molecule has 9 heteroatoms. The second kappa shape index (κ2) is 4.59. The lowest BCUT2D eigenvalue weighted by Gasteiger charge is -2.07. The number of halogens is 6. The van der Waals surface area contributed by atoms with Crippen LogP contribution in [0.4, 0.5) is 22.0 Å². The molecule has 0 saturated heterocycles. The fourth-order valence-corrected chi connectivity index (χ4v) is 1.88. The van der Waals surface area contributed by atoms with Gasteiger partial charge in [-0.1, -0.05) is 18.5 Å². The number of aromatic nitrogens is 3. The van der Waals surface area contributed by atoms with Gasteiger partial charge in [0.25, 0.3) is 12.2 Å². The van der Waals surface area contributed by atoms with Gasteiger partial charge in [-0.05, 0) is 18.1 Å². The van der Waals surface area contributed by atoms with E-state index in [0.29, 0.717) is 4.52 Å². The van der Waals surface area contributed by atoms with E-state index in [9.17, 15) is 22.0 Å². The Morgan fingerprint density at radius 2 is 2.00 bits per heavy atom. The van der Waals surface area contributed by atoms with Crippen molar-refractivity contribution in [2.45, 2.75) is 25.9 Å². The second-order valence-electron chi connectivity index (χ2n) is 3.74. The summed E-state index contributed by atoms with van der Waals surface area (Å²) in [6, 6.07) is 1.05. The summed E-state index contributed by atoms with van der Waals surface area (Å²) >= 11 is 5.64. The predicted octanol–water partition coefficient (Wildman–Crippen LogP) is 3.90. The van der Waals surface area contributed by atoms with Crippen LogP contribution in [0, 0.1) is 0 Å². The first-order valence-corrected chi connectivity index (χ1v) is 5.57. The van der Waals surface area contributed by atoms with Crippen LogP contribution in [-0.4, -0.2) is 14.6 Å². The van der Waals surface area contributed by atoms with E-state index in [1.165, 1.54) is 0 Å². The molecule has 2 aromatic heterocycles. The Bertz CT molecular complexity index is 620. The van der Waals surface area contributed by atoms with Gasteiger partial charge in [0.15, 0.2) is 5.65 Å². The summed E-state index contributed by atoms with van der Waals surface area (Å²) in [7, 11) is 0. The van der Waals surface area contributed by atoms with Crippen molar-refractivity contribution in [3.8, 4) is 0 Å². The summed E-state index contributed by atoms with van der Waals surface area (Å²) in [6.45, 7) is 1.61. The van der Waals surface area contributed by atoms with E-state index in [2.05, 4.69) is 10.1 Å². The molecule has 0 amide bonds. The molecule has 0 aliphatic heterocycles. The lowest BCUT2D eigenvalue weighted by Crippen LogP contribution is -2.07. The zero-order chi connectivity index (χ0) is 14.4. The van der Waals surface area contributed by atoms with Crippen molar-refractivity contribution < 1.29 is 22.0 Å². The van der Waals surface area contributed by atoms with E-state index in [-0.39, 0.29) is 17.6 Å². The third kappa shape index (κ3) is 2.36. The van der Waals surface area contributed by atoms with Crippen molar-refractivity contribution in [3.05, 3.63) is 28.2 Å². The molecule has 0 fully saturated rings. The first-order chi connectivity index (χ1) is 8.75. The lowest BCUT2D eigenvalue weighted by atomic mass is 10.1.